The van der Waals surface area contributed by atoms with E-state index in [1.54, 1.807) is 0 Å². The van der Waals surface area contributed by atoms with Gasteiger partial charge < -0.3 is 4.74 Å². The first-order valence-corrected chi connectivity index (χ1v) is 7.83. The lowest BCUT2D eigenvalue weighted by Gasteiger charge is -2.10. The van der Waals surface area contributed by atoms with Gasteiger partial charge in [0.1, 0.15) is 18.2 Å². The number of benzene rings is 3. The van der Waals surface area contributed by atoms with Crippen LogP contribution in [0.15, 0.2) is 60.7 Å². The second kappa shape index (κ2) is 6.27. The predicted molar refractivity (Wildman–Crippen MR) is 87.3 cm³/mol. The molecule has 0 fully saturated rings. The molecule has 0 aromatic heterocycles. The first-order chi connectivity index (χ1) is 10.3. The van der Waals surface area contributed by atoms with E-state index in [4.69, 9.17) is 4.74 Å². The molecule has 3 aromatic carbocycles. The standard InChI is InChI=1S/C18H14BrFO/c19-11-13-8-16(20)10-17(9-13)21-12-15-6-3-5-14-4-1-2-7-18(14)15/h1-10H,11-12H2. The highest BCUT2D eigenvalue weighted by Crippen LogP contribution is 2.22. The van der Waals surface area contributed by atoms with Gasteiger partial charge in [0.15, 0.2) is 0 Å². The summed E-state index contributed by atoms with van der Waals surface area (Å²) in [6.45, 7) is 0.423. The maximum atomic E-state index is 13.5. The van der Waals surface area contributed by atoms with Gasteiger partial charge in [-0.15, -0.1) is 0 Å². The number of rotatable bonds is 4. The van der Waals surface area contributed by atoms with Crippen molar-refractivity contribution in [2.45, 2.75) is 11.9 Å². The van der Waals surface area contributed by atoms with Crippen LogP contribution in [0.5, 0.6) is 5.75 Å². The minimum Gasteiger partial charge on any atom is -0.489 e. The van der Waals surface area contributed by atoms with Crippen LogP contribution < -0.4 is 4.74 Å². The smallest absolute Gasteiger partial charge is 0.127 e. The topological polar surface area (TPSA) is 9.23 Å². The second-order valence-electron chi connectivity index (χ2n) is 4.86. The van der Waals surface area contributed by atoms with E-state index in [9.17, 15) is 4.39 Å². The van der Waals surface area contributed by atoms with Crippen molar-refractivity contribution in [2.24, 2.45) is 0 Å². The summed E-state index contributed by atoms with van der Waals surface area (Å²) < 4.78 is 19.3. The highest BCUT2D eigenvalue weighted by Gasteiger charge is 2.04. The molecule has 0 heterocycles. The summed E-state index contributed by atoms with van der Waals surface area (Å²) in [5, 5.41) is 2.95. The summed E-state index contributed by atoms with van der Waals surface area (Å²) >= 11 is 3.33. The number of fused-ring (bicyclic) bond motifs is 1. The Kier molecular flexibility index (Phi) is 4.20. The minimum atomic E-state index is -0.278. The summed E-state index contributed by atoms with van der Waals surface area (Å²) in [7, 11) is 0. The molecule has 21 heavy (non-hydrogen) atoms. The van der Waals surface area contributed by atoms with Crippen LogP contribution in [-0.2, 0) is 11.9 Å². The van der Waals surface area contributed by atoms with Gasteiger partial charge in [0, 0.05) is 11.4 Å². The predicted octanol–water partition coefficient (Wildman–Crippen LogP) is 5.45. The Balaban J connectivity index is 1.85. The average molecular weight is 345 g/mol. The maximum Gasteiger partial charge on any atom is 0.127 e. The summed E-state index contributed by atoms with van der Waals surface area (Å²) in [6.07, 6.45) is 0. The average Bonchev–Trinajstić information content (AvgIpc) is 2.52. The van der Waals surface area contributed by atoms with E-state index in [0.717, 1.165) is 16.5 Å². The quantitative estimate of drug-likeness (QED) is 0.571. The van der Waals surface area contributed by atoms with Crippen molar-refractivity contribution in [1.82, 2.24) is 0 Å². The Morgan fingerprint density at radius 1 is 0.952 bits per heavy atom. The van der Waals surface area contributed by atoms with Crippen LogP contribution in [0.4, 0.5) is 4.39 Å². The number of alkyl halides is 1. The van der Waals surface area contributed by atoms with Gasteiger partial charge in [0.25, 0.3) is 0 Å². The summed E-state index contributed by atoms with van der Waals surface area (Å²) in [4.78, 5) is 0. The molecule has 0 aliphatic carbocycles. The molecule has 0 aliphatic rings. The number of ether oxygens (including phenoxy) is 1. The number of hydrogen-bond acceptors (Lipinski definition) is 1. The van der Waals surface area contributed by atoms with Crippen molar-refractivity contribution in [3.05, 3.63) is 77.6 Å². The van der Waals surface area contributed by atoms with Crippen molar-refractivity contribution >= 4 is 26.7 Å². The van der Waals surface area contributed by atoms with Gasteiger partial charge in [-0.2, -0.15) is 0 Å². The lowest BCUT2D eigenvalue weighted by molar-refractivity contribution is 0.306. The van der Waals surface area contributed by atoms with E-state index < -0.39 is 0 Å². The molecule has 0 saturated carbocycles. The lowest BCUT2D eigenvalue weighted by Crippen LogP contribution is -1.97. The highest BCUT2D eigenvalue weighted by molar-refractivity contribution is 9.08. The van der Waals surface area contributed by atoms with Gasteiger partial charge in [-0.05, 0) is 34.0 Å². The molecule has 3 rings (SSSR count). The van der Waals surface area contributed by atoms with Gasteiger partial charge >= 0.3 is 0 Å². The Morgan fingerprint density at radius 3 is 2.62 bits per heavy atom. The molecule has 0 aliphatic heterocycles. The third-order valence-electron chi connectivity index (χ3n) is 3.36. The monoisotopic (exact) mass is 344 g/mol. The van der Waals surface area contributed by atoms with Crippen LogP contribution in [-0.4, -0.2) is 0 Å². The summed E-state index contributed by atoms with van der Waals surface area (Å²) in [5.41, 5.74) is 1.96. The normalized spacial score (nSPS) is 10.8. The SMILES string of the molecule is Fc1cc(CBr)cc(OCc2cccc3ccccc23)c1. The largest absolute Gasteiger partial charge is 0.489 e. The van der Waals surface area contributed by atoms with Crippen LogP contribution >= 0.6 is 15.9 Å². The van der Waals surface area contributed by atoms with Gasteiger partial charge in [-0.3, -0.25) is 0 Å². The van der Waals surface area contributed by atoms with Crippen molar-refractivity contribution in [3.63, 3.8) is 0 Å². The fourth-order valence-electron chi connectivity index (χ4n) is 2.36. The fourth-order valence-corrected chi connectivity index (χ4v) is 2.68. The molecule has 0 saturated heterocycles. The summed E-state index contributed by atoms with van der Waals surface area (Å²) in [5.74, 6) is 0.275. The minimum absolute atomic E-state index is 0.278. The Bertz CT molecular complexity index is 765. The second-order valence-corrected chi connectivity index (χ2v) is 5.42. The Labute approximate surface area is 131 Å². The molecular weight excluding hydrogens is 331 g/mol. The highest BCUT2D eigenvalue weighted by atomic mass is 79.9. The molecule has 0 spiro atoms. The zero-order chi connectivity index (χ0) is 14.7. The van der Waals surface area contributed by atoms with Crippen LogP contribution in [0.3, 0.4) is 0 Å². The van der Waals surface area contributed by atoms with Crippen LogP contribution in [0.2, 0.25) is 0 Å². The van der Waals surface area contributed by atoms with Gasteiger partial charge in [-0.1, -0.05) is 58.4 Å². The summed E-state index contributed by atoms with van der Waals surface area (Å²) in [6, 6.07) is 19.1. The van der Waals surface area contributed by atoms with E-state index in [2.05, 4.69) is 34.1 Å². The molecule has 0 atom stereocenters. The third kappa shape index (κ3) is 3.24. The van der Waals surface area contributed by atoms with E-state index in [0.29, 0.717) is 17.7 Å². The molecule has 0 N–H and O–H groups in total. The Hall–Kier alpha value is -1.87. The van der Waals surface area contributed by atoms with Gasteiger partial charge in [0.2, 0.25) is 0 Å². The molecule has 0 unspecified atom stereocenters. The fraction of sp³-hybridized carbons (Fsp3) is 0.111. The van der Waals surface area contributed by atoms with Crippen LogP contribution in [0.25, 0.3) is 10.8 Å². The molecule has 3 heteroatoms. The van der Waals surface area contributed by atoms with E-state index in [1.807, 2.05) is 30.3 Å². The number of hydrogen-bond donors (Lipinski definition) is 0. The molecule has 1 nitrogen and oxygen atoms in total. The van der Waals surface area contributed by atoms with Crippen molar-refractivity contribution in [2.75, 3.05) is 0 Å². The van der Waals surface area contributed by atoms with Crippen LogP contribution in [0, 0.1) is 5.82 Å². The molecule has 0 bridgehead atoms. The molecule has 106 valence electrons. The van der Waals surface area contributed by atoms with E-state index in [-0.39, 0.29) is 5.82 Å². The number of halogens is 2. The van der Waals surface area contributed by atoms with Crippen molar-refractivity contribution in [3.8, 4) is 5.75 Å². The van der Waals surface area contributed by atoms with Crippen LogP contribution in [0.1, 0.15) is 11.1 Å². The van der Waals surface area contributed by atoms with Gasteiger partial charge in [0.05, 0.1) is 0 Å². The lowest BCUT2D eigenvalue weighted by atomic mass is 10.1. The first kappa shape index (κ1) is 14.1. The molecular formula is C18H14BrFO. The zero-order valence-electron chi connectivity index (χ0n) is 11.4. The van der Waals surface area contributed by atoms with Gasteiger partial charge in [-0.25, -0.2) is 4.39 Å². The van der Waals surface area contributed by atoms with E-state index in [1.165, 1.54) is 17.5 Å². The first-order valence-electron chi connectivity index (χ1n) is 6.71. The molecule has 3 aromatic rings. The third-order valence-corrected chi connectivity index (χ3v) is 4.01. The Morgan fingerprint density at radius 2 is 1.76 bits per heavy atom. The van der Waals surface area contributed by atoms with Crippen molar-refractivity contribution in [1.29, 1.82) is 0 Å². The molecule has 0 radical (unpaired) electrons. The van der Waals surface area contributed by atoms with E-state index >= 15 is 0 Å². The maximum absolute atomic E-state index is 13.5. The zero-order valence-corrected chi connectivity index (χ0v) is 12.9. The van der Waals surface area contributed by atoms with Crippen molar-refractivity contribution < 1.29 is 9.13 Å². The molecule has 0 amide bonds.